The van der Waals surface area contributed by atoms with Crippen LogP contribution in [0.2, 0.25) is 0 Å². The number of hydrogen-bond donors (Lipinski definition) is 0. The molecule has 0 aliphatic carbocycles. The normalized spacial score (nSPS) is 16.7. The van der Waals surface area contributed by atoms with Crippen molar-refractivity contribution < 1.29 is 22.3 Å². The minimum Gasteiger partial charge on any atom is -0.496 e. The molecule has 1 aromatic rings. The summed E-state index contributed by atoms with van der Waals surface area (Å²) in [7, 11) is -1.86. The molecule has 0 N–H and O–H groups in total. The zero-order chi connectivity index (χ0) is 17.7. The highest BCUT2D eigenvalue weighted by molar-refractivity contribution is 7.89. The molecule has 1 saturated heterocycles. The highest BCUT2D eigenvalue weighted by Gasteiger charge is 2.27. The van der Waals surface area contributed by atoms with Gasteiger partial charge < -0.3 is 9.64 Å². The molecule has 24 heavy (non-hydrogen) atoms. The van der Waals surface area contributed by atoms with E-state index < -0.39 is 15.8 Å². The number of amides is 1. The SMILES string of the molecule is CCCS(=O)(=O)N1CCCN(C(=O)c2cc(F)ccc2OC)CC1. The number of halogens is 1. The van der Waals surface area contributed by atoms with E-state index in [9.17, 15) is 17.6 Å². The Bertz CT molecular complexity index is 693. The third-order valence-corrected chi connectivity index (χ3v) is 6.07. The van der Waals surface area contributed by atoms with E-state index >= 15 is 0 Å². The van der Waals surface area contributed by atoms with Gasteiger partial charge >= 0.3 is 0 Å². The van der Waals surface area contributed by atoms with E-state index in [0.29, 0.717) is 31.7 Å². The molecule has 6 nitrogen and oxygen atoms in total. The lowest BCUT2D eigenvalue weighted by atomic mass is 10.1. The van der Waals surface area contributed by atoms with E-state index in [-0.39, 0.29) is 30.3 Å². The van der Waals surface area contributed by atoms with E-state index in [1.54, 1.807) is 4.90 Å². The minimum absolute atomic E-state index is 0.110. The number of sulfonamides is 1. The van der Waals surface area contributed by atoms with Gasteiger partial charge in [-0.15, -0.1) is 0 Å². The number of rotatable bonds is 5. The summed E-state index contributed by atoms with van der Waals surface area (Å²) in [6.07, 6.45) is 1.11. The number of carbonyl (C=O) groups is 1. The summed E-state index contributed by atoms with van der Waals surface area (Å²) >= 11 is 0. The summed E-state index contributed by atoms with van der Waals surface area (Å²) in [5, 5.41) is 0. The van der Waals surface area contributed by atoms with Crippen molar-refractivity contribution in [3.8, 4) is 5.75 Å². The summed E-state index contributed by atoms with van der Waals surface area (Å²) < 4.78 is 44.4. The first-order valence-corrected chi connectivity index (χ1v) is 9.60. The Morgan fingerprint density at radius 1 is 1.25 bits per heavy atom. The smallest absolute Gasteiger partial charge is 0.257 e. The second-order valence-electron chi connectivity index (χ2n) is 5.71. The molecule has 1 fully saturated rings. The third-order valence-electron chi connectivity index (χ3n) is 3.99. The van der Waals surface area contributed by atoms with Gasteiger partial charge in [0, 0.05) is 26.2 Å². The quantitative estimate of drug-likeness (QED) is 0.804. The van der Waals surface area contributed by atoms with E-state index in [1.165, 1.54) is 23.5 Å². The number of hydrogen-bond acceptors (Lipinski definition) is 4. The first-order chi connectivity index (χ1) is 11.4. The van der Waals surface area contributed by atoms with Gasteiger partial charge in [-0.1, -0.05) is 6.92 Å². The van der Waals surface area contributed by atoms with Gasteiger partial charge in [-0.25, -0.2) is 17.1 Å². The Morgan fingerprint density at radius 2 is 2.00 bits per heavy atom. The van der Waals surface area contributed by atoms with Crippen molar-refractivity contribution in [3.05, 3.63) is 29.6 Å². The lowest BCUT2D eigenvalue weighted by Crippen LogP contribution is -2.38. The van der Waals surface area contributed by atoms with Gasteiger partial charge in [0.1, 0.15) is 11.6 Å². The van der Waals surface area contributed by atoms with Gasteiger partial charge in [0.05, 0.1) is 18.4 Å². The fourth-order valence-corrected chi connectivity index (χ4v) is 4.32. The van der Waals surface area contributed by atoms with Crippen molar-refractivity contribution in [3.63, 3.8) is 0 Å². The third kappa shape index (κ3) is 4.24. The standard InChI is InChI=1S/C16H23FN2O4S/c1-3-11-24(21,22)19-8-4-7-18(9-10-19)16(20)14-12-13(17)5-6-15(14)23-2/h5-6,12H,3-4,7-11H2,1-2H3. The van der Waals surface area contributed by atoms with Crippen molar-refractivity contribution in [2.45, 2.75) is 19.8 Å². The number of methoxy groups -OCH3 is 1. The Labute approximate surface area is 142 Å². The zero-order valence-electron chi connectivity index (χ0n) is 14.0. The molecule has 8 heteroatoms. The average molecular weight is 358 g/mol. The fourth-order valence-electron chi connectivity index (χ4n) is 2.78. The van der Waals surface area contributed by atoms with Crippen molar-refractivity contribution in [2.75, 3.05) is 39.0 Å². The number of benzene rings is 1. The average Bonchev–Trinajstić information content (AvgIpc) is 2.80. The highest BCUT2D eigenvalue weighted by atomic mass is 32.2. The van der Waals surface area contributed by atoms with E-state index in [0.717, 1.165) is 6.07 Å². The zero-order valence-corrected chi connectivity index (χ0v) is 14.8. The van der Waals surface area contributed by atoms with Crippen LogP contribution < -0.4 is 4.74 Å². The van der Waals surface area contributed by atoms with Crippen LogP contribution in [-0.4, -0.2) is 62.6 Å². The maximum atomic E-state index is 13.5. The first kappa shape index (κ1) is 18.7. The summed E-state index contributed by atoms with van der Waals surface area (Å²) in [5.74, 6) is -0.443. The summed E-state index contributed by atoms with van der Waals surface area (Å²) in [6, 6.07) is 3.80. The van der Waals surface area contributed by atoms with Gasteiger partial charge in [-0.3, -0.25) is 4.79 Å². The number of carbonyl (C=O) groups excluding carboxylic acids is 1. The van der Waals surface area contributed by atoms with Gasteiger partial charge in [-0.05, 0) is 31.0 Å². The van der Waals surface area contributed by atoms with Crippen LogP contribution in [0.25, 0.3) is 0 Å². The molecule has 1 aromatic carbocycles. The summed E-state index contributed by atoms with van der Waals surface area (Å²) in [5.41, 5.74) is 0.155. The molecule has 2 rings (SSSR count). The Hall–Kier alpha value is -1.67. The lowest BCUT2D eigenvalue weighted by molar-refractivity contribution is 0.0760. The second kappa shape index (κ2) is 7.94. The van der Waals surface area contributed by atoms with Crippen LogP contribution in [0.5, 0.6) is 5.75 Å². The van der Waals surface area contributed by atoms with Crippen LogP contribution in [0.15, 0.2) is 18.2 Å². The molecule has 0 radical (unpaired) electrons. The Kier molecular flexibility index (Phi) is 6.17. The van der Waals surface area contributed by atoms with Crippen molar-refractivity contribution in [1.82, 2.24) is 9.21 Å². The molecular formula is C16H23FN2O4S. The Morgan fingerprint density at radius 3 is 2.67 bits per heavy atom. The van der Waals surface area contributed by atoms with Gasteiger partial charge in [-0.2, -0.15) is 0 Å². The Balaban J connectivity index is 2.14. The topological polar surface area (TPSA) is 66.9 Å². The van der Waals surface area contributed by atoms with Crippen LogP contribution in [0, 0.1) is 5.82 Å². The maximum absolute atomic E-state index is 13.5. The van der Waals surface area contributed by atoms with Crippen LogP contribution in [0.4, 0.5) is 4.39 Å². The lowest BCUT2D eigenvalue weighted by Gasteiger charge is -2.22. The van der Waals surface area contributed by atoms with Crippen LogP contribution >= 0.6 is 0 Å². The van der Waals surface area contributed by atoms with Crippen LogP contribution in [0.3, 0.4) is 0 Å². The molecule has 1 aliphatic rings. The molecule has 0 saturated carbocycles. The summed E-state index contributed by atoms with van der Waals surface area (Å²) in [6.45, 7) is 3.18. The monoisotopic (exact) mass is 358 g/mol. The van der Waals surface area contributed by atoms with E-state index in [2.05, 4.69) is 0 Å². The predicted octanol–water partition coefficient (Wildman–Crippen LogP) is 1.72. The molecule has 0 aromatic heterocycles. The molecule has 0 bridgehead atoms. The van der Waals surface area contributed by atoms with E-state index in [4.69, 9.17) is 4.74 Å². The fraction of sp³-hybridized carbons (Fsp3) is 0.562. The minimum atomic E-state index is -3.28. The number of ether oxygens (including phenoxy) is 1. The number of nitrogens with zero attached hydrogens (tertiary/aromatic N) is 2. The van der Waals surface area contributed by atoms with Gasteiger partial charge in [0.25, 0.3) is 5.91 Å². The van der Waals surface area contributed by atoms with Gasteiger partial charge in [0.15, 0.2) is 0 Å². The van der Waals surface area contributed by atoms with Crippen LogP contribution in [0.1, 0.15) is 30.1 Å². The second-order valence-corrected chi connectivity index (χ2v) is 7.79. The molecule has 0 unspecified atom stereocenters. The molecule has 1 amide bonds. The summed E-state index contributed by atoms with van der Waals surface area (Å²) in [4.78, 5) is 14.2. The van der Waals surface area contributed by atoms with Gasteiger partial charge in [0.2, 0.25) is 10.0 Å². The molecular weight excluding hydrogens is 335 g/mol. The molecule has 1 aliphatic heterocycles. The first-order valence-electron chi connectivity index (χ1n) is 7.99. The molecule has 1 heterocycles. The van der Waals surface area contributed by atoms with Crippen molar-refractivity contribution in [1.29, 1.82) is 0 Å². The maximum Gasteiger partial charge on any atom is 0.257 e. The predicted molar refractivity (Wildman–Crippen MR) is 89.1 cm³/mol. The molecule has 0 spiro atoms. The highest BCUT2D eigenvalue weighted by Crippen LogP contribution is 2.22. The van der Waals surface area contributed by atoms with Crippen LogP contribution in [-0.2, 0) is 10.0 Å². The largest absolute Gasteiger partial charge is 0.496 e. The van der Waals surface area contributed by atoms with E-state index in [1.807, 2.05) is 6.92 Å². The molecule has 134 valence electrons. The molecule has 0 atom stereocenters. The van der Waals surface area contributed by atoms with Crippen molar-refractivity contribution >= 4 is 15.9 Å². The van der Waals surface area contributed by atoms with Crippen molar-refractivity contribution in [2.24, 2.45) is 0 Å².